The molecule has 0 N–H and O–H groups in total. The standard InChI is InChI=1S/C15H14BrN/c1-9-4-7-12-14(17-9)11-6-5-10(16)8-13(11)15(12,2)3/h4-8H,1-3H3. The van der Waals surface area contributed by atoms with Gasteiger partial charge in [-0.15, -0.1) is 0 Å². The predicted octanol–water partition coefficient (Wildman–Crippen LogP) is 4.46. The lowest BCUT2D eigenvalue weighted by atomic mass is 9.83. The highest BCUT2D eigenvalue weighted by Crippen LogP contribution is 2.48. The molecule has 1 aromatic heterocycles. The highest BCUT2D eigenvalue weighted by atomic mass is 79.9. The molecule has 0 unspecified atom stereocenters. The Labute approximate surface area is 110 Å². The van der Waals surface area contributed by atoms with Crippen molar-refractivity contribution in [2.24, 2.45) is 0 Å². The molecular weight excluding hydrogens is 274 g/mol. The Morgan fingerprint density at radius 3 is 2.59 bits per heavy atom. The minimum atomic E-state index is 0.0507. The number of hydrogen-bond donors (Lipinski definition) is 0. The lowest BCUT2D eigenvalue weighted by Gasteiger charge is -2.21. The molecule has 0 saturated carbocycles. The quantitative estimate of drug-likeness (QED) is 0.697. The van der Waals surface area contributed by atoms with Crippen molar-refractivity contribution in [3.63, 3.8) is 0 Å². The summed E-state index contributed by atoms with van der Waals surface area (Å²) < 4.78 is 1.13. The number of benzene rings is 1. The van der Waals surface area contributed by atoms with Gasteiger partial charge in [0.15, 0.2) is 0 Å². The number of rotatable bonds is 0. The van der Waals surface area contributed by atoms with Crippen LogP contribution in [0, 0.1) is 6.92 Å². The number of aryl methyl sites for hydroxylation is 1. The smallest absolute Gasteiger partial charge is 0.0749 e. The van der Waals surface area contributed by atoms with Crippen LogP contribution in [0.5, 0.6) is 0 Å². The van der Waals surface area contributed by atoms with Crippen LogP contribution >= 0.6 is 15.9 Å². The highest BCUT2D eigenvalue weighted by Gasteiger charge is 2.36. The van der Waals surface area contributed by atoms with Gasteiger partial charge in [-0.05, 0) is 36.2 Å². The number of pyridine rings is 1. The van der Waals surface area contributed by atoms with Gasteiger partial charge in [-0.25, -0.2) is 0 Å². The first kappa shape index (κ1) is 11.0. The maximum Gasteiger partial charge on any atom is 0.0749 e. The fraction of sp³-hybridized carbons (Fsp3) is 0.267. The third-order valence-corrected chi connectivity index (χ3v) is 4.11. The van der Waals surface area contributed by atoms with Gasteiger partial charge in [0.05, 0.1) is 5.69 Å². The van der Waals surface area contributed by atoms with E-state index in [1.807, 2.05) is 6.92 Å². The van der Waals surface area contributed by atoms with Gasteiger partial charge in [0.1, 0.15) is 0 Å². The number of aromatic nitrogens is 1. The second kappa shape index (κ2) is 3.42. The van der Waals surface area contributed by atoms with E-state index in [0.29, 0.717) is 0 Å². The molecule has 0 amide bonds. The number of halogens is 1. The third kappa shape index (κ3) is 1.47. The summed E-state index contributed by atoms with van der Waals surface area (Å²) in [6, 6.07) is 10.8. The molecule has 0 spiro atoms. The molecule has 1 aliphatic rings. The van der Waals surface area contributed by atoms with Crippen LogP contribution in [-0.2, 0) is 5.41 Å². The second-order valence-electron chi connectivity index (χ2n) is 5.16. The highest BCUT2D eigenvalue weighted by molar-refractivity contribution is 9.10. The Hall–Kier alpha value is -1.15. The Kier molecular flexibility index (Phi) is 2.21. The van der Waals surface area contributed by atoms with Gasteiger partial charge in [-0.2, -0.15) is 0 Å². The minimum absolute atomic E-state index is 0.0507. The van der Waals surface area contributed by atoms with Crippen molar-refractivity contribution in [1.29, 1.82) is 0 Å². The van der Waals surface area contributed by atoms with E-state index in [9.17, 15) is 0 Å². The molecule has 1 aromatic carbocycles. The molecule has 0 fully saturated rings. The topological polar surface area (TPSA) is 12.9 Å². The predicted molar refractivity (Wildman–Crippen MR) is 74.2 cm³/mol. The monoisotopic (exact) mass is 287 g/mol. The van der Waals surface area contributed by atoms with Crippen molar-refractivity contribution in [3.8, 4) is 11.3 Å². The van der Waals surface area contributed by atoms with Crippen molar-refractivity contribution < 1.29 is 0 Å². The molecule has 0 aliphatic heterocycles. The Bertz CT molecular complexity index is 614. The molecule has 0 bridgehead atoms. The van der Waals surface area contributed by atoms with Crippen LogP contribution in [0.1, 0.15) is 30.7 Å². The van der Waals surface area contributed by atoms with E-state index in [4.69, 9.17) is 4.98 Å². The summed E-state index contributed by atoms with van der Waals surface area (Å²) in [5.74, 6) is 0. The molecule has 1 nitrogen and oxygen atoms in total. The van der Waals surface area contributed by atoms with Crippen LogP contribution in [0.25, 0.3) is 11.3 Å². The van der Waals surface area contributed by atoms with E-state index in [1.165, 1.54) is 16.7 Å². The lowest BCUT2D eigenvalue weighted by molar-refractivity contribution is 0.658. The molecule has 86 valence electrons. The Morgan fingerprint density at radius 1 is 1.06 bits per heavy atom. The Morgan fingerprint density at radius 2 is 1.82 bits per heavy atom. The molecule has 3 rings (SSSR count). The maximum atomic E-state index is 4.71. The van der Waals surface area contributed by atoms with Crippen LogP contribution < -0.4 is 0 Å². The molecule has 17 heavy (non-hydrogen) atoms. The van der Waals surface area contributed by atoms with Gasteiger partial charge in [0.2, 0.25) is 0 Å². The molecule has 2 heteroatoms. The van der Waals surface area contributed by atoms with Crippen molar-refractivity contribution in [1.82, 2.24) is 4.98 Å². The summed E-state index contributed by atoms with van der Waals surface area (Å²) in [6.45, 7) is 6.58. The first-order valence-corrected chi connectivity index (χ1v) is 6.58. The minimum Gasteiger partial charge on any atom is -0.253 e. The van der Waals surface area contributed by atoms with E-state index < -0.39 is 0 Å². The number of fused-ring (bicyclic) bond motifs is 3. The van der Waals surface area contributed by atoms with Gasteiger partial charge >= 0.3 is 0 Å². The first-order chi connectivity index (χ1) is 8.00. The third-order valence-electron chi connectivity index (χ3n) is 3.62. The number of nitrogens with zero attached hydrogens (tertiary/aromatic N) is 1. The van der Waals surface area contributed by atoms with Crippen LogP contribution in [0.3, 0.4) is 0 Å². The lowest BCUT2D eigenvalue weighted by Crippen LogP contribution is -2.15. The summed E-state index contributed by atoms with van der Waals surface area (Å²) in [5, 5.41) is 0. The number of hydrogen-bond acceptors (Lipinski definition) is 1. The normalized spacial score (nSPS) is 15.5. The largest absolute Gasteiger partial charge is 0.253 e. The average molecular weight is 288 g/mol. The van der Waals surface area contributed by atoms with E-state index in [0.717, 1.165) is 15.9 Å². The first-order valence-electron chi connectivity index (χ1n) is 5.78. The van der Waals surface area contributed by atoms with Crippen LogP contribution in [0.4, 0.5) is 0 Å². The van der Waals surface area contributed by atoms with E-state index in [2.05, 4.69) is 60.1 Å². The average Bonchev–Trinajstić information content (AvgIpc) is 2.48. The molecule has 2 aromatic rings. The van der Waals surface area contributed by atoms with E-state index >= 15 is 0 Å². The fourth-order valence-corrected chi connectivity index (χ4v) is 3.01. The summed E-state index contributed by atoms with van der Waals surface area (Å²) in [4.78, 5) is 4.71. The van der Waals surface area contributed by atoms with Crippen LogP contribution in [0.15, 0.2) is 34.8 Å². The van der Waals surface area contributed by atoms with Gasteiger partial charge in [0.25, 0.3) is 0 Å². The Balaban J connectivity index is 2.38. The van der Waals surface area contributed by atoms with Crippen LogP contribution in [-0.4, -0.2) is 4.98 Å². The van der Waals surface area contributed by atoms with Crippen molar-refractivity contribution in [2.45, 2.75) is 26.2 Å². The van der Waals surface area contributed by atoms with E-state index in [-0.39, 0.29) is 5.41 Å². The molecular formula is C15H14BrN. The van der Waals surface area contributed by atoms with Crippen molar-refractivity contribution in [2.75, 3.05) is 0 Å². The van der Waals surface area contributed by atoms with Gasteiger partial charge in [0, 0.05) is 21.1 Å². The van der Waals surface area contributed by atoms with E-state index in [1.54, 1.807) is 0 Å². The summed E-state index contributed by atoms with van der Waals surface area (Å²) in [5.41, 5.74) is 6.25. The molecule has 1 aliphatic carbocycles. The van der Waals surface area contributed by atoms with Crippen LogP contribution in [0.2, 0.25) is 0 Å². The zero-order valence-corrected chi connectivity index (χ0v) is 11.8. The van der Waals surface area contributed by atoms with Gasteiger partial charge in [-0.1, -0.05) is 41.9 Å². The summed E-state index contributed by atoms with van der Waals surface area (Å²) in [6.07, 6.45) is 0. The maximum absolute atomic E-state index is 4.71. The van der Waals surface area contributed by atoms with Crippen molar-refractivity contribution >= 4 is 15.9 Å². The summed E-state index contributed by atoms with van der Waals surface area (Å²) >= 11 is 3.56. The molecule has 0 saturated heterocycles. The van der Waals surface area contributed by atoms with Gasteiger partial charge < -0.3 is 0 Å². The zero-order chi connectivity index (χ0) is 12.2. The fourth-order valence-electron chi connectivity index (χ4n) is 2.65. The van der Waals surface area contributed by atoms with Crippen molar-refractivity contribution in [3.05, 3.63) is 51.6 Å². The molecule has 0 radical (unpaired) electrons. The zero-order valence-electron chi connectivity index (χ0n) is 10.2. The second-order valence-corrected chi connectivity index (χ2v) is 6.08. The molecule has 0 atom stereocenters. The van der Waals surface area contributed by atoms with Gasteiger partial charge in [-0.3, -0.25) is 4.98 Å². The SMILES string of the molecule is Cc1ccc2c(n1)-c1ccc(Br)cc1C2(C)C. The molecule has 1 heterocycles. The summed E-state index contributed by atoms with van der Waals surface area (Å²) in [7, 11) is 0.